The number of ether oxygens (including phenoxy) is 1. The van der Waals surface area contributed by atoms with Gasteiger partial charge in [0, 0.05) is 22.9 Å². The second-order valence-electron chi connectivity index (χ2n) is 5.73. The summed E-state index contributed by atoms with van der Waals surface area (Å²) in [6.45, 7) is 5.89. The highest BCUT2D eigenvalue weighted by Gasteiger charge is 2.15. The lowest BCUT2D eigenvalue weighted by molar-refractivity contribution is -0.122. The standard InChI is InChI=1S/C19H22ClN3O3/c1-4-21-19(25)23-15-7-5-6-14(11-15)22-18(24)13(3)26-16-8-9-17(20)12(2)10-16/h5-11,13H,4H2,1-3H3,(H,22,24)(H2,21,23,25). The van der Waals surface area contributed by atoms with Crippen LogP contribution in [0.3, 0.4) is 0 Å². The van der Waals surface area contributed by atoms with E-state index >= 15 is 0 Å². The Morgan fingerprint density at radius 1 is 1.12 bits per heavy atom. The maximum Gasteiger partial charge on any atom is 0.319 e. The quantitative estimate of drug-likeness (QED) is 0.708. The van der Waals surface area contributed by atoms with Gasteiger partial charge in [0.15, 0.2) is 6.10 Å². The highest BCUT2D eigenvalue weighted by atomic mass is 35.5. The topological polar surface area (TPSA) is 79.5 Å². The first-order valence-corrected chi connectivity index (χ1v) is 8.65. The van der Waals surface area contributed by atoms with E-state index in [1.807, 2.05) is 13.8 Å². The van der Waals surface area contributed by atoms with E-state index in [-0.39, 0.29) is 11.9 Å². The third-order valence-corrected chi connectivity index (χ3v) is 3.96. The molecule has 2 aromatic carbocycles. The number of hydrogen-bond acceptors (Lipinski definition) is 3. The van der Waals surface area contributed by atoms with E-state index in [9.17, 15) is 9.59 Å². The summed E-state index contributed by atoms with van der Waals surface area (Å²) in [5.41, 5.74) is 2.02. The molecule has 26 heavy (non-hydrogen) atoms. The van der Waals surface area contributed by atoms with Gasteiger partial charge in [0.05, 0.1) is 0 Å². The molecule has 0 heterocycles. The van der Waals surface area contributed by atoms with Gasteiger partial charge in [-0.1, -0.05) is 17.7 Å². The maximum atomic E-state index is 12.3. The number of nitrogens with one attached hydrogen (secondary N) is 3. The smallest absolute Gasteiger partial charge is 0.319 e. The number of aryl methyl sites for hydroxylation is 1. The molecule has 138 valence electrons. The first kappa shape index (κ1) is 19.6. The number of amides is 3. The summed E-state index contributed by atoms with van der Waals surface area (Å²) in [6.07, 6.45) is -0.699. The van der Waals surface area contributed by atoms with Crippen LogP contribution in [0.2, 0.25) is 5.02 Å². The van der Waals surface area contributed by atoms with Gasteiger partial charge in [0.2, 0.25) is 0 Å². The molecule has 0 aliphatic carbocycles. The van der Waals surface area contributed by atoms with Gasteiger partial charge >= 0.3 is 6.03 Å². The second kappa shape index (κ2) is 9.10. The van der Waals surface area contributed by atoms with E-state index in [1.165, 1.54) is 0 Å². The molecule has 3 N–H and O–H groups in total. The van der Waals surface area contributed by atoms with Crippen molar-refractivity contribution in [3.05, 3.63) is 53.1 Å². The van der Waals surface area contributed by atoms with Crippen LogP contribution in [0.15, 0.2) is 42.5 Å². The summed E-state index contributed by atoms with van der Waals surface area (Å²) in [4.78, 5) is 23.9. The number of hydrogen-bond donors (Lipinski definition) is 3. The normalized spacial score (nSPS) is 11.4. The summed E-state index contributed by atoms with van der Waals surface area (Å²) in [6, 6.07) is 11.8. The molecular formula is C19H22ClN3O3. The van der Waals surface area contributed by atoms with Crippen LogP contribution in [0, 0.1) is 6.92 Å². The van der Waals surface area contributed by atoms with E-state index in [0.29, 0.717) is 28.7 Å². The van der Waals surface area contributed by atoms with Crippen LogP contribution in [-0.2, 0) is 4.79 Å². The largest absolute Gasteiger partial charge is 0.481 e. The third kappa shape index (κ3) is 5.67. The number of halogens is 1. The van der Waals surface area contributed by atoms with Crippen LogP contribution in [0.25, 0.3) is 0 Å². The highest BCUT2D eigenvalue weighted by molar-refractivity contribution is 6.31. The first-order chi connectivity index (χ1) is 12.4. The molecule has 3 amide bonds. The lowest BCUT2D eigenvalue weighted by Crippen LogP contribution is -2.30. The van der Waals surface area contributed by atoms with Gasteiger partial charge in [0.1, 0.15) is 5.75 Å². The number of carbonyl (C=O) groups excluding carboxylic acids is 2. The molecule has 0 bridgehead atoms. The molecule has 0 aliphatic rings. The monoisotopic (exact) mass is 375 g/mol. The van der Waals surface area contributed by atoms with Crippen LogP contribution in [0.1, 0.15) is 19.4 Å². The van der Waals surface area contributed by atoms with Crippen molar-refractivity contribution in [3.8, 4) is 5.75 Å². The minimum Gasteiger partial charge on any atom is -0.481 e. The second-order valence-corrected chi connectivity index (χ2v) is 6.13. The van der Waals surface area contributed by atoms with Gasteiger partial charge in [-0.2, -0.15) is 0 Å². The summed E-state index contributed by atoms with van der Waals surface area (Å²) < 4.78 is 5.66. The zero-order chi connectivity index (χ0) is 19.1. The lowest BCUT2D eigenvalue weighted by atomic mass is 10.2. The molecule has 2 rings (SSSR count). The Morgan fingerprint density at radius 2 is 1.81 bits per heavy atom. The Kier molecular flexibility index (Phi) is 6.86. The van der Waals surface area contributed by atoms with Crippen LogP contribution >= 0.6 is 11.6 Å². The van der Waals surface area contributed by atoms with Crippen LogP contribution < -0.4 is 20.7 Å². The molecular weight excluding hydrogens is 354 g/mol. The fourth-order valence-electron chi connectivity index (χ4n) is 2.20. The van der Waals surface area contributed by atoms with Crippen molar-refractivity contribution < 1.29 is 14.3 Å². The summed E-state index contributed by atoms with van der Waals surface area (Å²) in [5.74, 6) is 0.272. The van der Waals surface area contributed by atoms with Gasteiger partial charge in [-0.25, -0.2) is 4.79 Å². The molecule has 1 atom stereocenters. The van der Waals surface area contributed by atoms with Gasteiger partial charge in [0.25, 0.3) is 5.91 Å². The van der Waals surface area contributed by atoms with E-state index in [0.717, 1.165) is 5.56 Å². The molecule has 0 fully saturated rings. The molecule has 0 aromatic heterocycles. The molecule has 0 spiro atoms. The zero-order valence-electron chi connectivity index (χ0n) is 14.9. The van der Waals surface area contributed by atoms with Crippen molar-refractivity contribution in [1.29, 1.82) is 0 Å². The molecule has 2 aromatic rings. The molecule has 0 saturated heterocycles. The predicted octanol–water partition coefficient (Wildman–Crippen LogP) is 4.20. The maximum absolute atomic E-state index is 12.3. The first-order valence-electron chi connectivity index (χ1n) is 8.27. The minimum absolute atomic E-state index is 0.298. The van der Waals surface area contributed by atoms with Gasteiger partial charge in [-0.05, 0) is 62.7 Å². The number of rotatable bonds is 6. The Labute approximate surface area is 157 Å². The van der Waals surface area contributed by atoms with E-state index in [2.05, 4.69) is 16.0 Å². The Bertz CT molecular complexity index is 795. The summed E-state index contributed by atoms with van der Waals surface area (Å²) >= 11 is 5.99. The van der Waals surface area contributed by atoms with Crippen molar-refractivity contribution in [2.75, 3.05) is 17.2 Å². The molecule has 1 unspecified atom stereocenters. The number of anilines is 2. The molecule has 0 saturated carbocycles. The van der Waals surface area contributed by atoms with Crippen molar-refractivity contribution in [1.82, 2.24) is 5.32 Å². The SMILES string of the molecule is CCNC(=O)Nc1cccc(NC(=O)C(C)Oc2ccc(Cl)c(C)c2)c1. The highest BCUT2D eigenvalue weighted by Crippen LogP contribution is 2.22. The van der Waals surface area contributed by atoms with Gasteiger partial charge in [-0.15, -0.1) is 0 Å². The average Bonchev–Trinajstić information content (AvgIpc) is 2.58. The lowest BCUT2D eigenvalue weighted by Gasteiger charge is -2.16. The molecule has 7 heteroatoms. The molecule has 0 radical (unpaired) electrons. The van der Waals surface area contributed by atoms with E-state index in [4.69, 9.17) is 16.3 Å². The van der Waals surface area contributed by atoms with Crippen LogP contribution in [0.4, 0.5) is 16.2 Å². The number of benzene rings is 2. The van der Waals surface area contributed by atoms with Crippen molar-refractivity contribution in [3.63, 3.8) is 0 Å². The Morgan fingerprint density at radius 3 is 2.46 bits per heavy atom. The fraction of sp³-hybridized carbons (Fsp3) is 0.263. The van der Waals surface area contributed by atoms with E-state index < -0.39 is 6.10 Å². The summed E-state index contributed by atoms with van der Waals surface area (Å²) in [7, 11) is 0. The Hall–Kier alpha value is -2.73. The summed E-state index contributed by atoms with van der Waals surface area (Å²) in [5, 5.41) is 8.75. The third-order valence-electron chi connectivity index (χ3n) is 3.54. The van der Waals surface area contributed by atoms with Crippen molar-refractivity contribution in [2.45, 2.75) is 26.9 Å². The van der Waals surface area contributed by atoms with Crippen LogP contribution in [-0.4, -0.2) is 24.6 Å². The van der Waals surface area contributed by atoms with Crippen molar-refractivity contribution >= 4 is 34.9 Å². The number of carbonyl (C=O) groups is 2. The van der Waals surface area contributed by atoms with Crippen LogP contribution in [0.5, 0.6) is 5.75 Å². The molecule has 0 aliphatic heterocycles. The minimum atomic E-state index is -0.699. The van der Waals surface area contributed by atoms with Gasteiger partial charge in [-0.3, -0.25) is 4.79 Å². The zero-order valence-corrected chi connectivity index (χ0v) is 15.7. The predicted molar refractivity (Wildman–Crippen MR) is 104 cm³/mol. The van der Waals surface area contributed by atoms with E-state index in [1.54, 1.807) is 49.4 Å². The number of urea groups is 1. The Balaban J connectivity index is 1.97. The van der Waals surface area contributed by atoms with Gasteiger partial charge < -0.3 is 20.7 Å². The average molecular weight is 376 g/mol. The fourth-order valence-corrected chi connectivity index (χ4v) is 2.32. The van der Waals surface area contributed by atoms with Crippen molar-refractivity contribution in [2.24, 2.45) is 0 Å². The molecule has 6 nitrogen and oxygen atoms in total.